The second-order valence-electron chi connectivity index (χ2n) is 6.88. The van der Waals surface area contributed by atoms with Gasteiger partial charge in [0.05, 0.1) is 30.0 Å². The van der Waals surface area contributed by atoms with E-state index in [1.807, 2.05) is 42.5 Å². The zero-order chi connectivity index (χ0) is 20.3. The van der Waals surface area contributed by atoms with Crippen molar-refractivity contribution in [3.8, 4) is 17.2 Å². The van der Waals surface area contributed by atoms with Crippen molar-refractivity contribution in [1.82, 2.24) is 9.78 Å². The molecular formula is C22H23BrN2O3. The molecule has 0 bridgehead atoms. The number of hydrogen-bond acceptors (Lipinski definition) is 3. The Labute approximate surface area is 172 Å². The Kier molecular flexibility index (Phi) is 6.09. The topological polar surface area (TPSA) is 56.2 Å². The number of aromatic nitrogens is 2. The summed E-state index contributed by atoms with van der Waals surface area (Å²) in [5, 5.41) is 4.08. The first-order chi connectivity index (χ1) is 13.4. The molecule has 0 atom stereocenters. The predicted octanol–water partition coefficient (Wildman–Crippen LogP) is 3.21. The van der Waals surface area contributed by atoms with Gasteiger partial charge in [-0.15, -0.1) is 0 Å². The second-order valence-corrected chi connectivity index (χ2v) is 7.80. The lowest BCUT2D eigenvalue weighted by atomic mass is 10.1. The van der Waals surface area contributed by atoms with E-state index in [1.165, 1.54) is 4.68 Å². The minimum absolute atomic E-state index is 0.161. The molecule has 5 nitrogen and oxygen atoms in total. The lowest BCUT2D eigenvalue weighted by Gasteiger charge is -2.12. The lowest BCUT2D eigenvalue weighted by Crippen LogP contribution is -2.33. The summed E-state index contributed by atoms with van der Waals surface area (Å²) in [6.07, 6.45) is 1.80. The summed E-state index contributed by atoms with van der Waals surface area (Å²) in [5.74, 6) is 1.73. The van der Waals surface area contributed by atoms with Crippen LogP contribution in [0.15, 0.2) is 51.7 Å². The summed E-state index contributed by atoms with van der Waals surface area (Å²) in [6, 6.07) is 13.1. The van der Waals surface area contributed by atoms with E-state index in [0.29, 0.717) is 34.6 Å². The van der Waals surface area contributed by atoms with Crippen LogP contribution >= 0.6 is 15.9 Å². The third-order valence-electron chi connectivity index (χ3n) is 4.16. The van der Waals surface area contributed by atoms with Gasteiger partial charge >= 0.3 is 0 Å². The molecule has 0 aliphatic carbocycles. The van der Waals surface area contributed by atoms with Crippen molar-refractivity contribution in [3.63, 3.8) is 0 Å². The SMILES string of the molecule is C=c1[nH]n(-c2ccc(Br)cc2)c(=O)/c1=C\c1ccc(OCC(C)C)c(OC)c1. The molecule has 0 aliphatic rings. The summed E-state index contributed by atoms with van der Waals surface area (Å²) in [4.78, 5) is 12.9. The van der Waals surface area contributed by atoms with Crippen molar-refractivity contribution in [3.05, 3.63) is 73.4 Å². The van der Waals surface area contributed by atoms with E-state index in [2.05, 4.69) is 41.5 Å². The summed E-state index contributed by atoms with van der Waals surface area (Å²) in [5.41, 5.74) is 1.41. The van der Waals surface area contributed by atoms with Crippen molar-refractivity contribution in [2.45, 2.75) is 13.8 Å². The molecule has 0 spiro atoms. The largest absolute Gasteiger partial charge is 0.493 e. The maximum Gasteiger partial charge on any atom is 0.279 e. The van der Waals surface area contributed by atoms with Gasteiger partial charge in [-0.25, -0.2) is 4.68 Å². The Morgan fingerprint density at radius 3 is 2.54 bits per heavy atom. The summed E-state index contributed by atoms with van der Waals surface area (Å²) >= 11 is 3.40. The van der Waals surface area contributed by atoms with Gasteiger partial charge in [0.2, 0.25) is 0 Å². The molecule has 0 amide bonds. The number of ether oxygens (including phenoxy) is 2. The molecule has 3 aromatic rings. The normalized spacial score (nSPS) is 11.8. The molecular weight excluding hydrogens is 420 g/mol. The number of nitrogens with one attached hydrogen (secondary N) is 1. The van der Waals surface area contributed by atoms with Crippen LogP contribution in [0.1, 0.15) is 19.4 Å². The van der Waals surface area contributed by atoms with Crippen LogP contribution < -0.4 is 25.6 Å². The molecule has 1 heterocycles. The monoisotopic (exact) mass is 442 g/mol. The first kappa shape index (κ1) is 20.0. The minimum Gasteiger partial charge on any atom is -0.493 e. The smallest absolute Gasteiger partial charge is 0.279 e. The zero-order valence-electron chi connectivity index (χ0n) is 16.2. The van der Waals surface area contributed by atoms with E-state index in [9.17, 15) is 4.79 Å². The quantitative estimate of drug-likeness (QED) is 0.637. The molecule has 28 heavy (non-hydrogen) atoms. The molecule has 0 radical (unpaired) electrons. The number of H-pyrrole nitrogens is 1. The van der Waals surface area contributed by atoms with Gasteiger partial charge in [-0.2, -0.15) is 0 Å². The number of methoxy groups -OCH3 is 1. The van der Waals surface area contributed by atoms with Crippen LogP contribution in [0.25, 0.3) is 18.3 Å². The van der Waals surface area contributed by atoms with Gasteiger partial charge < -0.3 is 9.47 Å². The van der Waals surface area contributed by atoms with Gasteiger partial charge in [0.15, 0.2) is 11.5 Å². The van der Waals surface area contributed by atoms with Crippen molar-refractivity contribution >= 4 is 28.6 Å². The molecule has 1 aromatic heterocycles. The predicted molar refractivity (Wildman–Crippen MR) is 116 cm³/mol. The summed E-state index contributed by atoms with van der Waals surface area (Å²) < 4.78 is 13.7. The van der Waals surface area contributed by atoms with Crippen LogP contribution in [0.2, 0.25) is 0 Å². The minimum atomic E-state index is -0.161. The van der Waals surface area contributed by atoms with Gasteiger partial charge in [-0.05, 0) is 54.0 Å². The van der Waals surface area contributed by atoms with Gasteiger partial charge in [-0.1, -0.05) is 42.4 Å². The van der Waals surface area contributed by atoms with Crippen molar-refractivity contribution in [2.24, 2.45) is 5.92 Å². The standard InChI is InChI=1S/C22H23BrN2O3/c1-14(2)13-28-20-10-5-16(12-21(20)27-4)11-19-15(3)24-25(22(19)26)18-8-6-17(23)7-9-18/h5-12,14,24H,3,13H2,1-2,4H3/b19-11-. The van der Waals surface area contributed by atoms with Gasteiger partial charge in [0.1, 0.15) is 0 Å². The van der Waals surface area contributed by atoms with Crippen LogP contribution in [0.5, 0.6) is 11.5 Å². The molecule has 0 saturated heterocycles. The van der Waals surface area contributed by atoms with E-state index in [0.717, 1.165) is 15.7 Å². The van der Waals surface area contributed by atoms with Crippen LogP contribution in [-0.2, 0) is 0 Å². The molecule has 3 rings (SSSR count). The molecule has 0 saturated carbocycles. The first-order valence-electron chi connectivity index (χ1n) is 8.97. The molecule has 0 fully saturated rings. The number of hydrogen-bond donors (Lipinski definition) is 1. The Hall–Kier alpha value is -2.73. The lowest BCUT2D eigenvalue weighted by molar-refractivity contribution is 0.257. The van der Waals surface area contributed by atoms with Gasteiger partial charge in [-0.3, -0.25) is 9.89 Å². The molecule has 2 aromatic carbocycles. The first-order valence-corrected chi connectivity index (χ1v) is 9.77. The molecule has 1 N–H and O–H groups in total. The fourth-order valence-corrected chi connectivity index (χ4v) is 3.00. The third-order valence-corrected chi connectivity index (χ3v) is 4.69. The van der Waals surface area contributed by atoms with Crippen LogP contribution in [0.4, 0.5) is 0 Å². The zero-order valence-corrected chi connectivity index (χ0v) is 17.7. The average molecular weight is 443 g/mol. The maximum atomic E-state index is 12.9. The highest BCUT2D eigenvalue weighted by Crippen LogP contribution is 2.28. The van der Waals surface area contributed by atoms with Crippen molar-refractivity contribution < 1.29 is 9.47 Å². The van der Waals surface area contributed by atoms with Crippen LogP contribution in [0, 0.1) is 5.92 Å². The average Bonchev–Trinajstić information content (AvgIpc) is 2.95. The Bertz CT molecular complexity index is 1130. The van der Waals surface area contributed by atoms with Crippen molar-refractivity contribution in [2.75, 3.05) is 13.7 Å². The van der Waals surface area contributed by atoms with Crippen LogP contribution in [0.3, 0.4) is 0 Å². The van der Waals surface area contributed by atoms with Crippen molar-refractivity contribution in [1.29, 1.82) is 0 Å². The Morgan fingerprint density at radius 1 is 1.18 bits per heavy atom. The second kappa shape index (κ2) is 8.52. The highest BCUT2D eigenvalue weighted by Gasteiger charge is 2.08. The molecule has 0 aliphatic heterocycles. The van der Waals surface area contributed by atoms with E-state index in [4.69, 9.17) is 9.47 Å². The van der Waals surface area contributed by atoms with Gasteiger partial charge in [0, 0.05) is 4.47 Å². The van der Waals surface area contributed by atoms with E-state index >= 15 is 0 Å². The van der Waals surface area contributed by atoms with E-state index in [-0.39, 0.29) is 5.56 Å². The fourth-order valence-electron chi connectivity index (χ4n) is 2.73. The van der Waals surface area contributed by atoms with Crippen LogP contribution in [-0.4, -0.2) is 23.5 Å². The van der Waals surface area contributed by atoms with Gasteiger partial charge in [0.25, 0.3) is 5.56 Å². The summed E-state index contributed by atoms with van der Waals surface area (Å²) in [7, 11) is 1.60. The molecule has 6 heteroatoms. The number of nitrogens with zero attached hydrogens (tertiary/aromatic N) is 1. The fraction of sp³-hybridized carbons (Fsp3) is 0.227. The number of rotatable bonds is 6. The van der Waals surface area contributed by atoms with E-state index in [1.54, 1.807) is 13.2 Å². The maximum absolute atomic E-state index is 12.9. The Balaban J connectivity index is 2.01. The number of halogens is 1. The molecule has 146 valence electrons. The van der Waals surface area contributed by atoms with E-state index < -0.39 is 0 Å². The Morgan fingerprint density at radius 2 is 1.89 bits per heavy atom. The number of benzene rings is 2. The third kappa shape index (κ3) is 4.39. The number of aromatic amines is 1. The highest BCUT2D eigenvalue weighted by molar-refractivity contribution is 9.10. The summed E-state index contributed by atoms with van der Waals surface area (Å²) in [6.45, 7) is 8.77. The highest BCUT2D eigenvalue weighted by atomic mass is 79.9. The molecule has 0 unspecified atom stereocenters.